The van der Waals surface area contributed by atoms with E-state index < -0.39 is 0 Å². The number of hydrogen-bond acceptors (Lipinski definition) is 2. The molecule has 0 saturated carbocycles. The largest absolute Gasteiger partial charge is 0.493 e. The van der Waals surface area contributed by atoms with E-state index >= 15 is 0 Å². The third-order valence-electron chi connectivity index (χ3n) is 0.593. The van der Waals surface area contributed by atoms with Gasteiger partial charge in [-0.05, 0) is 0 Å². The predicted molar refractivity (Wildman–Crippen MR) is 35.0 cm³/mol. The van der Waals surface area contributed by atoms with Gasteiger partial charge in [0.15, 0.2) is 4.49 Å². The molecule has 0 aliphatic heterocycles. The van der Waals surface area contributed by atoms with Gasteiger partial charge in [-0.3, -0.25) is 0 Å². The van der Waals surface area contributed by atoms with E-state index in [4.69, 9.17) is 28.3 Å². The molecule has 0 aromatic heterocycles. The molecule has 0 aromatic rings. The Hall–Kier alpha value is -0.0800. The van der Waals surface area contributed by atoms with Gasteiger partial charge in [0.2, 0.25) is 5.88 Å². The van der Waals surface area contributed by atoms with E-state index in [2.05, 4.69) is 0 Å². The first kappa shape index (κ1) is 7.92. The monoisotopic (exact) mass is 155 g/mol. The highest BCUT2D eigenvalue weighted by Gasteiger charge is 1.98. The first-order valence-corrected chi connectivity index (χ1v) is 2.73. The van der Waals surface area contributed by atoms with Crippen molar-refractivity contribution in [1.29, 1.82) is 0 Å². The number of halogens is 2. The number of aliphatic hydroxyl groups is 1. The van der Waals surface area contributed by atoms with Crippen molar-refractivity contribution in [3.63, 3.8) is 0 Å². The van der Waals surface area contributed by atoms with Gasteiger partial charge in [0.25, 0.3) is 0 Å². The van der Waals surface area contributed by atoms with Crippen molar-refractivity contribution in [2.75, 3.05) is 14.1 Å². The molecule has 0 heterocycles. The van der Waals surface area contributed by atoms with Gasteiger partial charge in [0, 0.05) is 14.1 Å². The van der Waals surface area contributed by atoms with Crippen molar-refractivity contribution in [3.05, 3.63) is 10.4 Å². The highest BCUT2D eigenvalue weighted by Crippen LogP contribution is 2.12. The van der Waals surface area contributed by atoms with Crippen LogP contribution in [0.4, 0.5) is 0 Å². The van der Waals surface area contributed by atoms with Gasteiger partial charge in [0.05, 0.1) is 0 Å². The minimum atomic E-state index is -0.117. The molecule has 0 radical (unpaired) electrons. The summed E-state index contributed by atoms with van der Waals surface area (Å²) in [6.45, 7) is 0. The second kappa shape index (κ2) is 3.05. The Kier molecular flexibility index (Phi) is 3.02. The maximum absolute atomic E-state index is 8.75. The fraction of sp³-hybridized carbons (Fsp3) is 0.500. The molecule has 0 rings (SSSR count). The summed E-state index contributed by atoms with van der Waals surface area (Å²) in [4.78, 5) is 1.41. The van der Waals surface area contributed by atoms with Crippen LogP contribution in [0.25, 0.3) is 0 Å². The number of hydrogen-bond donors (Lipinski definition) is 1. The highest BCUT2D eigenvalue weighted by atomic mass is 35.5. The van der Waals surface area contributed by atoms with Gasteiger partial charge in [-0.2, -0.15) is 0 Å². The van der Waals surface area contributed by atoms with Crippen molar-refractivity contribution in [1.82, 2.24) is 4.90 Å². The van der Waals surface area contributed by atoms with Crippen LogP contribution in [0.3, 0.4) is 0 Å². The molecule has 2 nitrogen and oxygen atoms in total. The average molecular weight is 156 g/mol. The number of aliphatic hydroxyl groups excluding tert-OH is 1. The van der Waals surface area contributed by atoms with Crippen molar-refractivity contribution in [3.8, 4) is 0 Å². The lowest BCUT2D eigenvalue weighted by Crippen LogP contribution is -2.10. The van der Waals surface area contributed by atoms with E-state index in [1.54, 1.807) is 14.1 Å². The fourth-order valence-corrected chi connectivity index (χ4v) is 0.507. The van der Waals surface area contributed by atoms with Crippen LogP contribution in [0.15, 0.2) is 10.4 Å². The zero-order chi connectivity index (χ0) is 6.73. The second-order valence-corrected chi connectivity index (χ2v) is 2.43. The molecule has 0 fully saturated rings. The molecule has 8 heavy (non-hydrogen) atoms. The summed E-state index contributed by atoms with van der Waals surface area (Å²) in [7, 11) is 3.28. The van der Waals surface area contributed by atoms with Gasteiger partial charge >= 0.3 is 0 Å². The highest BCUT2D eigenvalue weighted by molar-refractivity contribution is 6.56. The molecule has 4 heteroatoms. The number of nitrogens with zero attached hydrogens (tertiary/aromatic N) is 1. The molecule has 0 spiro atoms. The molecule has 0 atom stereocenters. The SMILES string of the molecule is CN(C)C(O)=C(Cl)Cl. The van der Waals surface area contributed by atoms with Crippen molar-refractivity contribution >= 4 is 23.2 Å². The predicted octanol–water partition coefficient (Wildman–Crippen LogP) is 1.71. The molecular formula is C4H7Cl2NO. The molecular weight excluding hydrogens is 149 g/mol. The van der Waals surface area contributed by atoms with E-state index in [-0.39, 0.29) is 10.4 Å². The summed E-state index contributed by atoms with van der Waals surface area (Å²) in [5, 5.41) is 8.75. The van der Waals surface area contributed by atoms with Crippen molar-refractivity contribution in [2.45, 2.75) is 0 Å². The maximum atomic E-state index is 8.75. The Morgan fingerprint density at radius 1 is 1.38 bits per heavy atom. The quantitative estimate of drug-likeness (QED) is 0.584. The van der Waals surface area contributed by atoms with Gasteiger partial charge in [-0.1, -0.05) is 23.2 Å². The van der Waals surface area contributed by atoms with Crippen LogP contribution in [0.2, 0.25) is 0 Å². The Morgan fingerprint density at radius 3 is 1.75 bits per heavy atom. The Bertz CT molecular complexity index is 107. The Morgan fingerprint density at radius 2 is 1.75 bits per heavy atom. The van der Waals surface area contributed by atoms with Crippen LogP contribution in [0.5, 0.6) is 0 Å². The van der Waals surface area contributed by atoms with Crippen LogP contribution in [-0.2, 0) is 0 Å². The molecule has 1 N–H and O–H groups in total. The fourth-order valence-electron chi connectivity index (χ4n) is 0.169. The molecule has 0 amide bonds. The first-order valence-electron chi connectivity index (χ1n) is 1.97. The van der Waals surface area contributed by atoms with Crippen molar-refractivity contribution < 1.29 is 5.11 Å². The summed E-state index contributed by atoms with van der Waals surface area (Å²) in [6.07, 6.45) is 0. The molecule has 48 valence electrons. The normalized spacial score (nSPS) is 8.50. The number of rotatable bonds is 1. The summed E-state index contributed by atoms with van der Waals surface area (Å²) in [6, 6.07) is 0. The van der Waals surface area contributed by atoms with Crippen LogP contribution in [0.1, 0.15) is 0 Å². The van der Waals surface area contributed by atoms with Gasteiger partial charge in [-0.25, -0.2) is 0 Å². The standard InChI is InChI=1S/C4H7Cl2NO/c1-7(2)4(8)3(5)6/h8H,1-2H3. The van der Waals surface area contributed by atoms with Crippen LogP contribution >= 0.6 is 23.2 Å². The summed E-state index contributed by atoms with van der Waals surface area (Å²) >= 11 is 10.4. The zero-order valence-corrected chi connectivity index (χ0v) is 6.16. The lowest BCUT2D eigenvalue weighted by Gasteiger charge is -2.08. The maximum Gasteiger partial charge on any atom is 0.217 e. The summed E-state index contributed by atoms with van der Waals surface area (Å²) in [5.74, 6) is -0.117. The van der Waals surface area contributed by atoms with E-state index in [9.17, 15) is 0 Å². The van der Waals surface area contributed by atoms with E-state index in [0.29, 0.717) is 0 Å². The van der Waals surface area contributed by atoms with Crippen LogP contribution < -0.4 is 0 Å². The zero-order valence-electron chi connectivity index (χ0n) is 4.65. The van der Waals surface area contributed by atoms with E-state index in [1.165, 1.54) is 4.90 Å². The third kappa shape index (κ3) is 2.28. The van der Waals surface area contributed by atoms with E-state index in [1.807, 2.05) is 0 Å². The van der Waals surface area contributed by atoms with Gasteiger partial charge < -0.3 is 10.0 Å². The second-order valence-electron chi connectivity index (χ2n) is 1.48. The lowest BCUT2D eigenvalue weighted by molar-refractivity contribution is 0.264. The molecule has 0 aromatic carbocycles. The third-order valence-corrected chi connectivity index (χ3v) is 0.931. The minimum absolute atomic E-state index is 0.116. The Labute approximate surface area is 58.3 Å². The molecule has 0 bridgehead atoms. The Balaban J connectivity index is 4.00. The smallest absolute Gasteiger partial charge is 0.217 e. The molecule has 0 unspecified atom stereocenters. The molecule has 0 aliphatic carbocycles. The lowest BCUT2D eigenvalue weighted by atomic mass is 10.8. The van der Waals surface area contributed by atoms with Crippen LogP contribution in [-0.4, -0.2) is 24.1 Å². The van der Waals surface area contributed by atoms with E-state index in [0.717, 1.165) is 0 Å². The summed E-state index contributed by atoms with van der Waals surface area (Å²) < 4.78 is -0.116. The molecule has 0 saturated heterocycles. The first-order chi connectivity index (χ1) is 3.55. The molecule has 0 aliphatic rings. The van der Waals surface area contributed by atoms with Crippen molar-refractivity contribution in [2.24, 2.45) is 0 Å². The topological polar surface area (TPSA) is 23.5 Å². The van der Waals surface area contributed by atoms with Gasteiger partial charge in [0.1, 0.15) is 0 Å². The van der Waals surface area contributed by atoms with Crippen LogP contribution in [0, 0.1) is 0 Å². The minimum Gasteiger partial charge on any atom is -0.493 e. The summed E-state index contributed by atoms with van der Waals surface area (Å²) in [5.41, 5.74) is 0. The van der Waals surface area contributed by atoms with Gasteiger partial charge in [-0.15, -0.1) is 0 Å². The average Bonchev–Trinajstić information content (AvgIpc) is 1.64.